The molecule has 1 aliphatic rings. The number of nitrogens with one attached hydrogen (secondary N) is 1. The summed E-state index contributed by atoms with van der Waals surface area (Å²) in [4.78, 5) is 17.2. The van der Waals surface area contributed by atoms with Crippen molar-refractivity contribution in [2.45, 2.75) is 43.2 Å². The molecule has 1 amide bonds. The van der Waals surface area contributed by atoms with E-state index < -0.39 is 10.0 Å². The lowest BCUT2D eigenvalue weighted by Gasteiger charge is -2.22. The Morgan fingerprint density at radius 1 is 1.09 bits per heavy atom. The number of carbonyl (C=O) groups is 1. The minimum Gasteiger partial charge on any atom is -0.495 e. The number of methoxy groups -OCH3 is 1. The van der Waals surface area contributed by atoms with Crippen LogP contribution < -0.4 is 10.1 Å². The van der Waals surface area contributed by atoms with Crippen molar-refractivity contribution in [3.8, 4) is 5.75 Å². The lowest BCUT2D eigenvalue weighted by Crippen LogP contribution is -2.33. The van der Waals surface area contributed by atoms with Crippen LogP contribution in [0.4, 0.5) is 0 Å². The van der Waals surface area contributed by atoms with E-state index in [2.05, 4.69) is 15.4 Å². The summed E-state index contributed by atoms with van der Waals surface area (Å²) in [6.07, 6.45) is 6.69. The SMILES string of the molecule is COc1ccc(C(=O)NC(Cn2cncn2)c2ccccc2)cc1S(=O)(=O)N1CCCCCC1. The normalized spacial score (nSPS) is 15.9. The molecule has 1 fully saturated rings. The van der Waals surface area contributed by atoms with Crippen LogP contribution in [0.2, 0.25) is 0 Å². The van der Waals surface area contributed by atoms with E-state index >= 15 is 0 Å². The fourth-order valence-electron chi connectivity index (χ4n) is 4.12. The fourth-order valence-corrected chi connectivity index (χ4v) is 5.81. The van der Waals surface area contributed by atoms with Crippen molar-refractivity contribution in [2.24, 2.45) is 0 Å². The third-order valence-corrected chi connectivity index (χ3v) is 7.87. The highest BCUT2D eigenvalue weighted by molar-refractivity contribution is 7.89. The van der Waals surface area contributed by atoms with Gasteiger partial charge in [0.15, 0.2) is 0 Å². The number of hydrogen-bond acceptors (Lipinski definition) is 6. The first-order valence-electron chi connectivity index (χ1n) is 11.4. The summed E-state index contributed by atoms with van der Waals surface area (Å²) in [5.41, 5.74) is 1.14. The first-order valence-corrected chi connectivity index (χ1v) is 12.8. The number of sulfonamides is 1. The van der Waals surface area contributed by atoms with Crippen LogP contribution in [0.15, 0.2) is 66.1 Å². The first-order chi connectivity index (χ1) is 16.5. The third-order valence-electron chi connectivity index (χ3n) is 5.95. The van der Waals surface area contributed by atoms with Gasteiger partial charge < -0.3 is 10.1 Å². The zero-order valence-corrected chi connectivity index (χ0v) is 19.9. The second-order valence-corrected chi connectivity index (χ2v) is 10.1. The van der Waals surface area contributed by atoms with Gasteiger partial charge >= 0.3 is 0 Å². The Kier molecular flexibility index (Phi) is 7.59. The minimum absolute atomic E-state index is 0.0112. The number of aromatic nitrogens is 3. The van der Waals surface area contributed by atoms with Gasteiger partial charge in [-0.15, -0.1) is 0 Å². The number of amides is 1. The summed E-state index contributed by atoms with van der Waals surface area (Å²) in [6, 6.07) is 13.7. The van der Waals surface area contributed by atoms with Gasteiger partial charge in [0, 0.05) is 18.7 Å². The van der Waals surface area contributed by atoms with E-state index in [9.17, 15) is 13.2 Å². The molecule has 0 saturated carbocycles. The molecular weight excluding hydrogens is 454 g/mol. The van der Waals surface area contributed by atoms with Gasteiger partial charge in [0.1, 0.15) is 23.3 Å². The van der Waals surface area contributed by atoms with Crippen molar-refractivity contribution >= 4 is 15.9 Å². The summed E-state index contributed by atoms with van der Waals surface area (Å²) in [5.74, 6) is -0.160. The average Bonchev–Trinajstić information content (AvgIpc) is 3.21. The number of benzene rings is 2. The Morgan fingerprint density at radius 3 is 2.47 bits per heavy atom. The van der Waals surface area contributed by atoms with Crippen LogP contribution in [-0.4, -0.2) is 53.6 Å². The summed E-state index contributed by atoms with van der Waals surface area (Å²) in [6.45, 7) is 1.32. The number of hydrogen-bond donors (Lipinski definition) is 1. The third kappa shape index (κ3) is 5.45. The van der Waals surface area contributed by atoms with Gasteiger partial charge in [0.25, 0.3) is 5.91 Å². The van der Waals surface area contributed by atoms with Crippen molar-refractivity contribution in [3.63, 3.8) is 0 Å². The summed E-state index contributed by atoms with van der Waals surface area (Å²) < 4.78 is 35.4. The van der Waals surface area contributed by atoms with Crippen molar-refractivity contribution in [2.75, 3.05) is 20.2 Å². The Balaban J connectivity index is 1.62. The largest absolute Gasteiger partial charge is 0.495 e. The predicted molar refractivity (Wildman–Crippen MR) is 127 cm³/mol. The molecule has 1 saturated heterocycles. The first kappa shape index (κ1) is 23.9. The molecule has 0 bridgehead atoms. The van der Waals surface area contributed by atoms with E-state index in [0.717, 1.165) is 31.2 Å². The molecule has 34 heavy (non-hydrogen) atoms. The molecule has 0 radical (unpaired) electrons. The molecular formula is C24H29N5O4S. The Morgan fingerprint density at radius 2 is 1.82 bits per heavy atom. The Labute approximate surface area is 199 Å². The van der Waals surface area contributed by atoms with Crippen LogP contribution in [0.25, 0.3) is 0 Å². The number of rotatable bonds is 8. The van der Waals surface area contributed by atoms with Crippen LogP contribution in [0.5, 0.6) is 5.75 Å². The van der Waals surface area contributed by atoms with Gasteiger partial charge in [-0.2, -0.15) is 9.40 Å². The highest BCUT2D eigenvalue weighted by Crippen LogP contribution is 2.29. The Hall–Kier alpha value is -3.24. The van der Waals surface area contributed by atoms with Gasteiger partial charge in [0.05, 0.1) is 19.7 Å². The van der Waals surface area contributed by atoms with Crippen molar-refractivity contribution in [1.82, 2.24) is 24.4 Å². The van der Waals surface area contributed by atoms with Crippen LogP contribution in [0.1, 0.15) is 47.6 Å². The molecule has 2 heterocycles. The van der Waals surface area contributed by atoms with Crippen LogP contribution in [0, 0.1) is 0 Å². The Bertz CT molecular complexity index is 1190. The summed E-state index contributed by atoms with van der Waals surface area (Å²) in [7, 11) is -2.37. The van der Waals surface area contributed by atoms with Crippen LogP contribution >= 0.6 is 0 Å². The standard InChI is InChI=1S/C24H29N5O4S/c1-33-22-12-11-20(15-23(22)34(31,32)29-13-7-2-3-8-14-29)24(30)27-21(16-28-18-25-17-26-28)19-9-5-4-6-10-19/h4-6,9-12,15,17-18,21H,2-3,7-8,13-14,16H2,1H3,(H,27,30). The minimum atomic E-state index is -3.80. The van der Waals surface area contributed by atoms with E-state index in [-0.39, 0.29) is 28.2 Å². The van der Waals surface area contributed by atoms with Crippen molar-refractivity contribution in [3.05, 3.63) is 72.3 Å². The van der Waals surface area contributed by atoms with E-state index in [1.807, 2.05) is 30.3 Å². The molecule has 1 aromatic heterocycles. The van der Waals surface area contributed by atoms with Crippen LogP contribution in [0.3, 0.4) is 0 Å². The molecule has 2 aromatic carbocycles. The van der Waals surface area contributed by atoms with Gasteiger partial charge in [-0.1, -0.05) is 43.2 Å². The molecule has 1 atom stereocenters. The molecule has 10 heteroatoms. The van der Waals surface area contributed by atoms with E-state index in [4.69, 9.17) is 4.74 Å². The summed E-state index contributed by atoms with van der Waals surface area (Å²) in [5, 5.41) is 7.16. The topological polar surface area (TPSA) is 106 Å². The number of nitrogens with zero attached hydrogens (tertiary/aromatic N) is 4. The maximum atomic E-state index is 13.4. The van der Waals surface area contributed by atoms with E-state index in [0.29, 0.717) is 19.6 Å². The fraction of sp³-hybridized carbons (Fsp3) is 0.375. The molecule has 3 aromatic rings. The summed E-state index contributed by atoms with van der Waals surface area (Å²) >= 11 is 0. The number of carbonyl (C=O) groups excluding carboxylic acids is 1. The molecule has 1 unspecified atom stereocenters. The van der Waals surface area contributed by atoms with Gasteiger partial charge in [-0.25, -0.2) is 13.4 Å². The van der Waals surface area contributed by atoms with E-state index in [1.54, 1.807) is 17.1 Å². The predicted octanol–water partition coefficient (Wildman–Crippen LogP) is 3.02. The van der Waals surface area contributed by atoms with Gasteiger partial charge in [0.2, 0.25) is 10.0 Å². The molecule has 180 valence electrons. The highest BCUT2D eigenvalue weighted by atomic mass is 32.2. The quantitative estimate of drug-likeness (QED) is 0.528. The molecule has 0 aliphatic carbocycles. The molecule has 0 spiro atoms. The molecule has 1 N–H and O–H groups in total. The monoisotopic (exact) mass is 483 g/mol. The maximum absolute atomic E-state index is 13.4. The van der Waals surface area contributed by atoms with Gasteiger partial charge in [-0.3, -0.25) is 9.48 Å². The van der Waals surface area contributed by atoms with Gasteiger partial charge in [-0.05, 0) is 36.6 Å². The maximum Gasteiger partial charge on any atom is 0.251 e. The molecule has 4 rings (SSSR count). The molecule has 1 aliphatic heterocycles. The van der Waals surface area contributed by atoms with Crippen molar-refractivity contribution in [1.29, 1.82) is 0 Å². The smallest absolute Gasteiger partial charge is 0.251 e. The zero-order valence-electron chi connectivity index (χ0n) is 19.1. The second-order valence-electron chi connectivity index (χ2n) is 8.24. The van der Waals surface area contributed by atoms with E-state index in [1.165, 1.54) is 29.9 Å². The lowest BCUT2D eigenvalue weighted by atomic mass is 10.1. The van der Waals surface area contributed by atoms with Crippen LogP contribution in [-0.2, 0) is 16.6 Å². The molecule has 9 nitrogen and oxygen atoms in total. The zero-order chi connectivity index (χ0) is 24.0. The van der Waals surface area contributed by atoms with Crippen molar-refractivity contribution < 1.29 is 17.9 Å². The average molecular weight is 484 g/mol. The highest BCUT2D eigenvalue weighted by Gasteiger charge is 2.29. The second kappa shape index (κ2) is 10.8. The lowest BCUT2D eigenvalue weighted by molar-refractivity contribution is 0.0931. The number of ether oxygens (including phenoxy) is 1.